The molecule has 0 heterocycles. The molecule has 0 aliphatic heterocycles. The molecule has 2 amide bonds. The van der Waals surface area contributed by atoms with Gasteiger partial charge in [-0.05, 0) is 37.6 Å². The predicted octanol–water partition coefficient (Wildman–Crippen LogP) is 0.960. The predicted molar refractivity (Wildman–Crippen MR) is 86.9 cm³/mol. The van der Waals surface area contributed by atoms with Gasteiger partial charge in [0.25, 0.3) is 0 Å². The number of carbonyl (C=O) groups is 2. The van der Waals surface area contributed by atoms with Gasteiger partial charge in [-0.1, -0.05) is 0 Å². The monoisotopic (exact) mass is 342 g/mol. The third kappa shape index (κ3) is 5.65. The summed E-state index contributed by atoms with van der Waals surface area (Å²) < 4.78 is 29.7. The lowest BCUT2D eigenvalue weighted by atomic mass is 10.3. The molecular weight excluding hydrogens is 320 g/mol. The first kappa shape index (κ1) is 19.1. The van der Waals surface area contributed by atoms with Crippen molar-refractivity contribution in [1.29, 1.82) is 0 Å². The summed E-state index contributed by atoms with van der Waals surface area (Å²) in [5, 5.41) is 3.93. The van der Waals surface area contributed by atoms with E-state index in [9.17, 15) is 18.0 Å². The number of rotatable bonds is 8. The lowest BCUT2D eigenvalue weighted by Gasteiger charge is -2.14. The number of methoxy groups -OCH3 is 1. The molecule has 0 fully saturated rings. The number of anilines is 1. The van der Waals surface area contributed by atoms with Crippen molar-refractivity contribution in [1.82, 2.24) is 5.32 Å². The Balaban J connectivity index is 2.76. The van der Waals surface area contributed by atoms with Gasteiger partial charge in [-0.25, -0.2) is 8.42 Å². The van der Waals surface area contributed by atoms with E-state index in [1.165, 1.54) is 38.1 Å². The van der Waals surface area contributed by atoms with Crippen LogP contribution in [0.3, 0.4) is 0 Å². The highest BCUT2D eigenvalue weighted by atomic mass is 32.2. The normalized spacial score (nSPS) is 12.5. The fourth-order valence-corrected chi connectivity index (χ4v) is 3.14. The summed E-state index contributed by atoms with van der Waals surface area (Å²) in [4.78, 5) is 22.9. The lowest BCUT2D eigenvalue weighted by molar-refractivity contribution is -0.120. The van der Waals surface area contributed by atoms with Gasteiger partial charge in [0.15, 0.2) is 9.84 Å². The van der Waals surface area contributed by atoms with Crippen LogP contribution in [0.25, 0.3) is 0 Å². The molecule has 1 aromatic carbocycles. The molecule has 0 saturated heterocycles. The van der Waals surface area contributed by atoms with Crippen LogP contribution >= 0.6 is 0 Å². The van der Waals surface area contributed by atoms with Gasteiger partial charge in [0.1, 0.15) is 5.25 Å². The van der Waals surface area contributed by atoms with Crippen LogP contribution in [0, 0.1) is 0 Å². The van der Waals surface area contributed by atoms with Gasteiger partial charge in [-0.3, -0.25) is 9.59 Å². The average Bonchev–Trinajstić information content (AvgIpc) is 2.50. The molecule has 128 valence electrons. The molecule has 0 aliphatic carbocycles. The number of sulfone groups is 1. The summed E-state index contributed by atoms with van der Waals surface area (Å²) >= 11 is 0. The number of hydrogen-bond acceptors (Lipinski definition) is 5. The van der Waals surface area contributed by atoms with Crippen LogP contribution in [0.2, 0.25) is 0 Å². The van der Waals surface area contributed by atoms with Gasteiger partial charge in [0.2, 0.25) is 11.8 Å². The van der Waals surface area contributed by atoms with Crippen molar-refractivity contribution in [3.63, 3.8) is 0 Å². The Morgan fingerprint density at radius 1 is 1.22 bits per heavy atom. The van der Waals surface area contributed by atoms with E-state index in [1.807, 2.05) is 0 Å². The molecule has 1 atom stereocenters. The molecule has 1 rings (SSSR count). The molecule has 1 aromatic rings. The molecule has 23 heavy (non-hydrogen) atoms. The number of carbonyl (C=O) groups excluding carboxylic acids is 2. The zero-order valence-corrected chi connectivity index (χ0v) is 14.3. The van der Waals surface area contributed by atoms with Crippen molar-refractivity contribution in [2.75, 3.05) is 25.6 Å². The lowest BCUT2D eigenvalue weighted by Crippen LogP contribution is -2.38. The van der Waals surface area contributed by atoms with Gasteiger partial charge in [-0.15, -0.1) is 0 Å². The Morgan fingerprint density at radius 3 is 2.35 bits per heavy atom. The summed E-state index contributed by atoms with van der Waals surface area (Å²) in [6.07, 6.45) is 0.612. The van der Waals surface area contributed by atoms with Gasteiger partial charge in [0.05, 0.1) is 4.90 Å². The van der Waals surface area contributed by atoms with E-state index in [1.54, 1.807) is 7.11 Å². The fourth-order valence-electron chi connectivity index (χ4n) is 1.85. The van der Waals surface area contributed by atoms with E-state index < -0.39 is 21.0 Å². The van der Waals surface area contributed by atoms with E-state index in [-0.39, 0.29) is 10.8 Å². The van der Waals surface area contributed by atoms with Crippen molar-refractivity contribution in [2.45, 2.75) is 30.4 Å². The first-order valence-electron chi connectivity index (χ1n) is 7.17. The fraction of sp³-hybridized carbons (Fsp3) is 0.467. The highest BCUT2D eigenvalue weighted by Gasteiger charge is 2.29. The molecule has 7 nitrogen and oxygen atoms in total. The summed E-state index contributed by atoms with van der Waals surface area (Å²) in [5.74, 6) is -0.795. The van der Waals surface area contributed by atoms with Crippen molar-refractivity contribution in [3.05, 3.63) is 24.3 Å². The second-order valence-electron chi connectivity index (χ2n) is 5.03. The van der Waals surface area contributed by atoms with Crippen LogP contribution in [-0.4, -0.2) is 45.7 Å². The molecule has 0 bridgehead atoms. The maximum atomic E-state index is 12.4. The minimum atomic E-state index is -3.78. The van der Waals surface area contributed by atoms with Crippen molar-refractivity contribution < 1.29 is 22.7 Å². The van der Waals surface area contributed by atoms with Crippen LogP contribution < -0.4 is 10.6 Å². The van der Waals surface area contributed by atoms with Gasteiger partial charge < -0.3 is 15.4 Å². The zero-order valence-electron chi connectivity index (χ0n) is 13.5. The Morgan fingerprint density at radius 2 is 1.83 bits per heavy atom. The second-order valence-corrected chi connectivity index (χ2v) is 7.30. The zero-order chi connectivity index (χ0) is 17.5. The first-order valence-corrected chi connectivity index (χ1v) is 8.72. The molecule has 0 unspecified atom stereocenters. The molecule has 0 aromatic heterocycles. The number of hydrogen-bond donors (Lipinski definition) is 2. The quantitative estimate of drug-likeness (QED) is 0.685. The van der Waals surface area contributed by atoms with Crippen molar-refractivity contribution in [3.8, 4) is 0 Å². The van der Waals surface area contributed by atoms with Crippen molar-refractivity contribution >= 4 is 27.3 Å². The molecule has 0 aliphatic rings. The van der Waals surface area contributed by atoms with E-state index in [4.69, 9.17) is 4.74 Å². The second kappa shape index (κ2) is 8.64. The number of amides is 2. The Kier molecular flexibility index (Phi) is 7.18. The summed E-state index contributed by atoms with van der Waals surface area (Å²) in [5.41, 5.74) is 0.494. The summed E-state index contributed by atoms with van der Waals surface area (Å²) in [6.45, 7) is 3.56. The van der Waals surface area contributed by atoms with E-state index in [0.717, 1.165) is 0 Å². The van der Waals surface area contributed by atoms with E-state index >= 15 is 0 Å². The van der Waals surface area contributed by atoms with Gasteiger partial charge >= 0.3 is 0 Å². The van der Waals surface area contributed by atoms with Gasteiger partial charge in [-0.2, -0.15) is 0 Å². The molecule has 0 spiro atoms. The van der Waals surface area contributed by atoms with Crippen LogP contribution in [0.4, 0.5) is 5.69 Å². The molecule has 0 radical (unpaired) electrons. The molecular formula is C15H22N2O5S. The van der Waals surface area contributed by atoms with E-state index in [0.29, 0.717) is 25.3 Å². The van der Waals surface area contributed by atoms with Crippen LogP contribution in [0.1, 0.15) is 20.3 Å². The Labute approximate surface area is 136 Å². The smallest absolute Gasteiger partial charge is 0.238 e. The standard InChI is InChI=1S/C15H22N2O5S/c1-11(15(19)16-9-4-10-22-3)23(20,21)14-7-5-13(6-8-14)17-12(2)18/h5-8,11H,4,9-10H2,1-3H3,(H,16,19)(H,17,18)/t11-/m0/s1. The largest absolute Gasteiger partial charge is 0.385 e. The number of nitrogens with one attached hydrogen (secondary N) is 2. The SMILES string of the molecule is COCCCNC(=O)[C@H](C)S(=O)(=O)c1ccc(NC(C)=O)cc1. The van der Waals surface area contributed by atoms with E-state index in [2.05, 4.69) is 10.6 Å². The topological polar surface area (TPSA) is 102 Å². The third-order valence-electron chi connectivity index (χ3n) is 3.16. The van der Waals surface area contributed by atoms with Crippen LogP contribution in [0.15, 0.2) is 29.2 Å². The van der Waals surface area contributed by atoms with Crippen LogP contribution in [0.5, 0.6) is 0 Å². The minimum Gasteiger partial charge on any atom is -0.385 e. The number of benzene rings is 1. The maximum absolute atomic E-state index is 12.4. The summed E-state index contributed by atoms with van der Waals surface area (Å²) in [6, 6.07) is 5.71. The first-order chi connectivity index (χ1) is 10.8. The van der Waals surface area contributed by atoms with Crippen LogP contribution in [-0.2, 0) is 24.2 Å². The maximum Gasteiger partial charge on any atom is 0.238 e. The highest BCUT2D eigenvalue weighted by Crippen LogP contribution is 2.19. The minimum absolute atomic E-state index is 0.0335. The van der Waals surface area contributed by atoms with Gasteiger partial charge in [0, 0.05) is 32.9 Å². The summed E-state index contributed by atoms with van der Waals surface area (Å²) in [7, 11) is -2.23. The highest BCUT2D eigenvalue weighted by molar-refractivity contribution is 7.92. The number of ether oxygens (including phenoxy) is 1. The Hall–Kier alpha value is -1.93. The molecule has 0 saturated carbocycles. The average molecular weight is 342 g/mol. The molecule has 2 N–H and O–H groups in total. The Bertz CT molecular complexity index is 640. The van der Waals surface area contributed by atoms with Crippen molar-refractivity contribution in [2.24, 2.45) is 0 Å². The molecule has 8 heteroatoms. The third-order valence-corrected chi connectivity index (χ3v) is 5.24.